The van der Waals surface area contributed by atoms with Crippen molar-refractivity contribution in [2.24, 2.45) is 0 Å². The Morgan fingerprint density at radius 2 is 1.47 bits per heavy atom. The van der Waals surface area contributed by atoms with Crippen molar-refractivity contribution in [3.8, 4) is 5.75 Å². The Kier molecular flexibility index (Phi) is 6.89. The fraction of sp³-hybridized carbons (Fsp3) is 0.381. The lowest BCUT2D eigenvalue weighted by Crippen LogP contribution is -2.40. The van der Waals surface area contributed by atoms with E-state index in [2.05, 4.69) is 5.32 Å². The third-order valence-electron chi connectivity index (χ3n) is 5.58. The van der Waals surface area contributed by atoms with Gasteiger partial charge in [0.15, 0.2) is 9.84 Å². The second kappa shape index (κ2) is 9.08. The Hall–Kier alpha value is -2.83. The molecular weight excluding hydrogens is 495 g/mol. The highest BCUT2D eigenvalue weighted by Crippen LogP contribution is 2.37. The Bertz CT molecular complexity index is 1180. The molecule has 2 N–H and O–H groups in total. The molecule has 1 aliphatic rings. The largest absolute Gasteiger partial charge is 0.507 e. The monoisotopic (exact) mass is 513 g/mol. The number of halogens is 7. The topological polar surface area (TPSA) is 83.5 Å². The molecule has 1 aliphatic carbocycles. The number of sulfone groups is 1. The lowest BCUT2D eigenvalue weighted by molar-refractivity contribution is -0.140. The molecule has 1 saturated carbocycles. The van der Waals surface area contributed by atoms with E-state index in [9.17, 15) is 49.1 Å². The molecule has 0 atom stereocenters. The molecule has 3 rings (SSSR count). The first-order chi connectivity index (χ1) is 15.6. The predicted molar refractivity (Wildman–Crippen MR) is 105 cm³/mol. The number of carbonyl (C=O) groups excluding carboxylic acids is 1. The molecule has 0 aromatic heterocycles. The number of hydrogen-bond acceptors (Lipinski definition) is 4. The first-order valence-corrected chi connectivity index (χ1v) is 11.5. The zero-order valence-electron chi connectivity index (χ0n) is 17.2. The molecule has 1 amide bonds. The van der Waals surface area contributed by atoms with E-state index in [-0.39, 0.29) is 37.3 Å². The van der Waals surface area contributed by atoms with Crippen LogP contribution in [0.2, 0.25) is 0 Å². The zero-order valence-corrected chi connectivity index (χ0v) is 18.0. The Balaban J connectivity index is 1.68. The van der Waals surface area contributed by atoms with Crippen molar-refractivity contribution in [2.45, 2.75) is 54.2 Å². The molecule has 2 aromatic rings. The Labute approximate surface area is 189 Å². The number of phenols is 1. The Morgan fingerprint density at radius 3 is 2.03 bits per heavy atom. The van der Waals surface area contributed by atoms with Crippen LogP contribution in [-0.4, -0.2) is 30.7 Å². The summed E-state index contributed by atoms with van der Waals surface area (Å²) in [5.41, 5.74) is -3.43. The standard InChI is InChI=1S/C21H18F7NO4S/c22-17-7-6-14(10-15(17)20(23,24)25)34(32,33)13-4-2-12(3-5-13)29-19(31)11-1-8-18(30)16(9-11)21(26,27)28/h1,6-10,12-13,30H,2-5H2,(H,29,31). The minimum Gasteiger partial charge on any atom is -0.507 e. The van der Waals surface area contributed by atoms with Crippen LogP contribution in [0.1, 0.15) is 47.2 Å². The van der Waals surface area contributed by atoms with E-state index in [4.69, 9.17) is 0 Å². The third kappa shape index (κ3) is 5.45. The number of benzene rings is 2. The second-order valence-electron chi connectivity index (χ2n) is 7.86. The van der Waals surface area contributed by atoms with Crippen LogP contribution < -0.4 is 5.32 Å². The zero-order chi connectivity index (χ0) is 25.5. The maximum absolute atomic E-state index is 13.5. The minimum absolute atomic E-state index is 0.0324. The molecular formula is C21H18F7NO4S. The molecule has 34 heavy (non-hydrogen) atoms. The van der Waals surface area contributed by atoms with Gasteiger partial charge in [-0.25, -0.2) is 12.8 Å². The molecule has 0 saturated heterocycles. The van der Waals surface area contributed by atoms with Crippen molar-refractivity contribution in [1.82, 2.24) is 5.32 Å². The van der Waals surface area contributed by atoms with Crippen molar-refractivity contribution in [3.63, 3.8) is 0 Å². The van der Waals surface area contributed by atoms with E-state index in [1.54, 1.807) is 0 Å². The summed E-state index contributed by atoms with van der Waals surface area (Å²) in [6, 6.07) is 3.10. The van der Waals surface area contributed by atoms with Gasteiger partial charge in [0.2, 0.25) is 0 Å². The highest BCUT2D eigenvalue weighted by molar-refractivity contribution is 7.92. The van der Waals surface area contributed by atoms with Gasteiger partial charge in [-0.3, -0.25) is 4.79 Å². The van der Waals surface area contributed by atoms with E-state index < -0.39 is 67.0 Å². The number of nitrogens with one attached hydrogen (secondary N) is 1. The van der Waals surface area contributed by atoms with Gasteiger partial charge in [0, 0.05) is 11.6 Å². The fourth-order valence-electron chi connectivity index (χ4n) is 3.78. The van der Waals surface area contributed by atoms with Gasteiger partial charge >= 0.3 is 12.4 Å². The summed E-state index contributed by atoms with van der Waals surface area (Å²) in [5.74, 6) is -3.49. The number of alkyl halides is 6. The van der Waals surface area contributed by atoms with E-state index >= 15 is 0 Å². The second-order valence-corrected chi connectivity index (χ2v) is 10.1. The lowest BCUT2D eigenvalue weighted by Gasteiger charge is -2.29. The molecule has 0 radical (unpaired) electrons. The molecule has 0 aliphatic heterocycles. The molecule has 0 unspecified atom stereocenters. The number of carbonyl (C=O) groups is 1. The molecule has 186 valence electrons. The summed E-state index contributed by atoms with van der Waals surface area (Å²) >= 11 is 0. The van der Waals surface area contributed by atoms with Crippen molar-refractivity contribution in [3.05, 3.63) is 58.9 Å². The van der Waals surface area contributed by atoms with Crippen molar-refractivity contribution in [2.75, 3.05) is 0 Å². The predicted octanol–water partition coefficient (Wildman–Crippen LogP) is 5.08. The van der Waals surface area contributed by atoms with Gasteiger partial charge in [-0.05, 0) is 62.1 Å². The van der Waals surface area contributed by atoms with E-state index in [0.29, 0.717) is 12.1 Å². The van der Waals surface area contributed by atoms with Gasteiger partial charge in [-0.2, -0.15) is 26.3 Å². The van der Waals surface area contributed by atoms with Crippen LogP contribution in [0.25, 0.3) is 0 Å². The van der Waals surface area contributed by atoms with Crippen molar-refractivity contribution >= 4 is 15.7 Å². The van der Waals surface area contributed by atoms with E-state index in [0.717, 1.165) is 18.2 Å². The summed E-state index contributed by atoms with van der Waals surface area (Å²) in [5, 5.41) is 10.8. The normalized spacial score (nSPS) is 19.6. The molecule has 0 bridgehead atoms. The molecule has 0 spiro atoms. The highest BCUT2D eigenvalue weighted by Gasteiger charge is 2.38. The SMILES string of the molecule is O=C(NC1CCC(S(=O)(=O)c2ccc(F)c(C(F)(F)F)c2)CC1)c1ccc(O)c(C(F)(F)F)c1. The number of rotatable bonds is 4. The molecule has 2 aromatic carbocycles. The molecule has 1 fully saturated rings. The first kappa shape index (κ1) is 25.8. The number of phenolic OH excluding ortho intramolecular Hbond substituents is 1. The van der Waals surface area contributed by atoms with Crippen LogP contribution in [0.15, 0.2) is 41.3 Å². The maximum atomic E-state index is 13.5. The third-order valence-corrected chi connectivity index (χ3v) is 7.84. The molecule has 5 nitrogen and oxygen atoms in total. The lowest BCUT2D eigenvalue weighted by atomic mass is 9.94. The van der Waals surface area contributed by atoms with Gasteiger partial charge < -0.3 is 10.4 Å². The minimum atomic E-state index is -5.07. The van der Waals surface area contributed by atoms with Gasteiger partial charge in [-0.15, -0.1) is 0 Å². The summed E-state index contributed by atoms with van der Waals surface area (Å²) < 4.78 is 117. The smallest absolute Gasteiger partial charge is 0.419 e. The van der Waals surface area contributed by atoms with Crippen LogP contribution in [0.4, 0.5) is 30.7 Å². The average Bonchev–Trinajstić information content (AvgIpc) is 2.73. The highest BCUT2D eigenvalue weighted by atomic mass is 32.2. The van der Waals surface area contributed by atoms with Crippen LogP contribution >= 0.6 is 0 Å². The molecule has 0 heterocycles. The fourth-order valence-corrected chi connectivity index (χ4v) is 5.60. The number of hydrogen-bond donors (Lipinski definition) is 2. The summed E-state index contributed by atoms with van der Waals surface area (Å²) in [6.07, 6.45) is -9.80. The van der Waals surface area contributed by atoms with Gasteiger partial charge in [-0.1, -0.05) is 0 Å². The summed E-state index contributed by atoms with van der Waals surface area (Å²) in [7, 11) is -4.22. The van der Waals surface area contributed by atoms with E-state index in [1.165, 1.54) is 0 Å². The quantitative estimate of drug-likeness (QED) is 0.441. The van der Waals surface area contributed by atoms with Crippen molar-refractivity contribution < 1.29 is 49.1 Å². The van der Waals surface area contributed by atoms with Crippen LogP contribution in [0.3, 0.4) is 0 Å². The van der Waals surface area contributed by atoms with Crippen LogP contribution in [0, 0.1) is 5.82 Å². The maximum Gasteiger partial charge on any atom is 0.419 e. The summed E-state index contributed by atoms with van der Waals surface area (Å²) in [4.78, 5) is 11.7. The number of aromatic hydroxyl groups is 1. The first-order valence-electron chi connectivity index (χ1n) is 9.92. The van der Waals surface area contributed by atoms with Gasteiger partial charge in [0.05, 0.1) is 21.3 Å². The van der Waals surface area contributed by atoms with E-state index in [1.807, 2.05) is 0 Å². The Morgan fingerprint density at radius 1 is 0.882 bits per heavy atom. The average molecular weight is 513 g/mol. The van der Waals surface area contributed by atoms with Gasteiger partial charge in [0.1, 0.15) is 11.6 Å². The van der Waals surface area contributed by atoms with Crippen LogP contribution in [0.5, 0.6) is 5.75 Å². The number of amides is 1. The van der Waals surface area contributed by atoms with Gasteiger partial charge in [0.25, 0.3) is 5.91 Å². The summed E-state index contributed by atoms with van der Waals surface area (Å²) in [6.45, 7) is 0. The molecule has 13 heteroatoms. The van der Waals surface area contributed by atoms with Crippen LogP contribution in [-0.2, 0) is 22.2 Å². The van der Waals surface area contributed by atoms with Crippen molar-refractivity contribution in [1.29, 1.82) is 0 Å².